The average molecular weight is 315 g/mol. The molecule has 2 aromatic rings. The standard InChI is InChI=1S/C19H23ClN2/c1-2-19-7-3-4-15-5-6-17(20)16(18(15)19)10-14(11-19)12-22-9-8-21-13-22/h5-6,8-9,13-14H,2-4,7,10-12H2,1H3/t14-,19+/m0/s1. The molecular weight excluding hydrogens is 292 g/mol. The number of rotatable bonds is 3. The third kappa shape index (κ3) is 2.20. The van der Waals surface area contributed by atoms with Crippen LogP contribution in [0.2, 0.25) is 5.02 Å². The van der Waals surface area contributed by atoms with Gasteiger partial charge in [0.05, 0.1) is 6.33 Å². The minimum atomic E-state index is 0.358. The Morgan fingerprint density at radius 3 is 3.09 bits per heavy atom. The molecule has 22 heavy (non-hydrogen) atoms. The molecule has 0 fully saturated rings. The molecule has 0 spiro atoms. The Morgan fingerprint density at radius 1 is 1.41 bits per heavy atom. The van der Waals surface area contributed by atoms with E-state index in [-0.39, 0.29) is 0 Å². The van der Waals surface area contributed by atoms with E-state index in [1.165, 1.54) is 37.7 Å². The summed E-state index contributed by atoms with van der Waals surface area (Å²) in [4.78, 5) is 4.19. The highest BCUT2D eigenvalue weighted by Crippen LogP contribution is 2.51. The summed E-state index contributed by atoms with van der Waals surface area (Å²) in [5.41, 5.74) is 4.98. The van der Waals surface area contributed by atoms with Gasteiger partial charge < -0.3 is 4.57 Å². The van der Waals surface area contributed by atoms with Crippen LogP contribution in [0.25, 0.3) is 0 Å². The van der Waals surface area contributed by atoms with E-state index in [4.69, 9.17) is 11.6 Å². The normalized spacial score (nSPS) is 26.7. The van der Waals surface area contributed by atoms with Crippen LogP contribution in [-0.4, -0.2) is 9.55 Å². The van der Waals surface area contributed by atoms with Crippen molar-refractivity contribution in [1.82, 2.24) is 9.55 Å². The number of imidazole rings is 1. The van der Waals surface area contributed by atoms with E-state index in [1.807, 2.05) is 12.5 Å². The fraction of sp³-hybridized carbons (Fsp3) is 0.526. The van der Waals surface area contributed by atoms with Crippen LogP contribution in [-0.2, 0) is 24.8 Å². The fourth-order valence-corrected chi connectivity index (χ4v) is 5.15. The molecule has 2 atom stereocenters. The Hall–Kier alpha value is -1.28. The van der Waals surface area contributed by atoms with Gasteiger partial charge in [-0.3, -0.25) is 0 Å². The van der Waals surface area contributed by atoms with Gasteiger partial charge in [-0.1, -0.05) is 24.6 Å². The summed E-state index contributed by atoms with van der Waals surface area (Å²) in [7, 11) is 0. The Kier molecular flexibility index (Phi) is 3.53. The fourth-order valence-electron chi connectivity index (χ4n) is 4.92. The molecule has 0 saturated heterocycles. The second kappa shape index (κ2) is 5.42. The third-order valence-corrected chi connectivity index (χ3v) is 6.21. The van der Waals surface area contributed by atoms with Crippen LogP contribution in [0.5, 0.6) is 0 Å². The number of hydrogen-bond acceptors (Lipinski definition) is 1. The van der Waals surface area contributed by atoms with Crippen molar-refractivity contribution in [3.05, 3.63) is 52.6 Å². The lowest BCUT2D eigenvalue weighted by atomic mass is 9.59. The number of nitrogens with zero attached hydrogens (tertiary/aromatic N) is 2. The summed E-state index contributed by atoms with van der Waals surface area (Å²) in [5.74, 6) is 0.660. The van der Waals surface area contributed by atoms with Gasteiger partial charge >= 0.3 is 0 Å². The Morgan fingerprint density at radius 2 is 2.32 bits per heavy atom. The lowest BCUT2D eigenvalue weighted by Crippen LogP contribution is -2.39. The van der Waals surface area contributed by atoms with Crippen LogP contribution in [0.3, 0.4) is 0 Å². The second-order valence-corrected chi connectivity index (χ2v) is 7.49. The maximum absolute atomic E-state index is 6.61. The molecule has 0 unspecified atom stereocenters. The summed E-state index contributed by atoms with van der Waals surface area (Å²) in [6.45, 7) is 3.42. The average Bonchev–Trinajstić information content (AvgIpc) is 3.03. The molecule has 0 bridgehead atoms. The highest BCUT2D eigenvalue weighted by atomic mass is 35.5. The van der Waals surface area contributed by atoms with Gasteiger partial charge in [-0.2, -0.15) is 0 Å². The van der Waals surface area contributed by atoms with Crippen molar-refractivity contribution < 1.29 is 0 Å². The van der Waals surface area contributed by atoms with E-state index in [1.54, 1.807) is 11.1 Å². The zero-order valence-electron chi connectivity index (χ0n) is 13.2. The molecule has 1 heterocycles. The van der Waals surface area contributed by atoms with E-state index in [0.717, 1.165) is 18.0 Å². The topological polar surface area (TPSA) is 17.8 Å². The maximum Gasteiger partial charge on any atom is 0.0945 e. The summed E-state index contributed by atoms with van der Waals surface area (Å²) in [6, 6.07) is 4.40. The number of halogens is 1. The summed E-state index contributed by atoms with van der Waals surface area (Å²) < 4.78 is 2.22. The molecule has 1 aromatic heterocycles. The molecule has 0 aliphatic heterocycles. The van der Waals surface area contributed by atoms with Gasteiger partial charge in [-0.25, -0.2) is 4.98 Å². The Bertz CT molecular complexity index is 677. The number of aryl methyl sites for hydroxylation is 1. The van der Waals surface area contributed by atoms with Crippen molar-refractivity contribution in [2.75, 3.05) is 0 Å². The van der Waals surface area contributed by atoms with E-state index in [9.17, 15) is 0 Å². The highest BCUT2D eigenvalue weighted by Gasteiger charge is 2.42. The maximum atomic E-state index is 6.61. The minimum absolute atomic E-state index is 0.358. The predicted octanol–water partition coefficient (Wildman–Crippen LogP) is 4.78. The van der Waals surface area contributed by atoms with Crippen molar-refractivity contribution in [1.29, 1.82) is 0 Å². The van der Waals surface area contributed by atoms with Crippen LogP contribution in [0.15, 0.2) is 30.9 Å². The molecule has 1 aromatic carbocycles. The quantitative estimate of drug-likeness (QED) is 0.797. The van der Waals surface area contributed by atoms with Crippen molar-refractivity contribution in [2.24, 2.45) is 5.92 Å². The van der Waals surface area contributed by atoms with Crippen LogP contribution < -0.4 is 0 Å². The van der Waals surface area contributed by atoms with E-state index in [0.29, 0.717) is 11.3 Å². The van der Waals surface area contributed by atoms with Crippen LogP contribution >= 0.6 is 11.6 Å². The molecule has 0 N–H and O–H groups in total. The van der Waals surface area contributed by atoms with Gasteiger partial charge in [-0.15, -0.1) is 0 Å². The summed E-state index contributed by atoms with van der Waals surface area (Å²) >= 11 is 6.61. The zero-order valence-corrected chi connectivity index (χ0v) is 13.9. The number of hydrogen-bond donors (Lipinski definition) is 0. The first-order valence-electron chi connectivity index (χ1n) is 8.48. The van der Waals surface area contributed by atoms with Crippen LogP contribution in [0.1, 0.15) is 49.3 Å². The molecule has 0 amide bonds. The monoisotopic (exact) mass is 314 g/mol. The molecule has 2 aliphatic carbocycles. The van der Waals surface area contributed by atoms with Crippen LogP contribution in [0, 0.1) is 5.92 Å². The first kappa shape index (κ1) is 14.3. The van der Waals surface area contributed by atoms with E-state index < -0.39 is 0 Å². The highest BCUT2D eigenvalue weighted by molar-refractivity contribution is 6.31. The molecule has 3 heteroatoms. The lowest BCUT2D eigenvalue weighted by molar-refractivity contribution is 0.226. The summed E-state index contributed by atoms with van der Waals surface area (Å²) in [6.07, 6.45) is 13.4. The van der Waals surface area contributed by atoms with Crippen molar-refractivity contribution in [3.8, 4) is 0 Å². The van der Waals surface area contributed by atoms with E-state index >= 15 is 0 Å². The van der Waals surface area contributed by atoms with Gasteiger partial charge in [0.15, 0.2) is 0 Å². The molecule has 0 radical (unpaired) electrons. The Labute approximate surface area is 137 Å². The van der Waals surface area contributed by atoms with Crippen molar-refractivity contribution in [3.63, 3.8) is 0 Å². The predicted molar refractivity (Wildman–Crippen MR) is 90.4 cm³/mol. The molecule has 2 aliphatic rings. The first-order valence-corrected chi connectivity index (χ1v) is 8.86. The van der Waals surface area contributed by atoms with Gasteiger partial charge in [0, 0.05) is 24.0 Å². The van der Waals surface area contributed by atoms with Crippen molar-refractivity contribution in [2.45, 2.75) is 57.4 Å². The third-order valence-electron chi connectivity index (χ3n) is 5.85. The van der Waals surface area contributed by atoms with Gasteiger partial charge in [-0.05, 0) is 72.6 Å². The van der Waals surface area contributed by atoms with Crippen molar-refractivity contribution >= 4 is 11.6 Å². The lowest BCUT2D eigenvalue weighted by Gasteiger charge is -2.46. The van der Waals surface area contributed by atoms with Crippen LogP contribution in [0.4, 0.5) is 0 Å². The SMILES string of the molecule is CC[C@]12CCCc3ccc(Cl)c(c31)C[C@H](Cn1ccnc1)C2. The van der Waals surface area contributed by atoms with Gasteiger partial charge in [0.25, 0.3) is 0 Å². The molecule has 0 saturated carbocycles. The zero-order chi connectivity index (χ0) is 15.2. The van der Waals surface area contributed by atoms with E-state index in [2.05, 4.69) is 34.8 Å². The smallest absolute Gasteiger partial charge is 0.0945 e. The summed E-state index contributed by atoms with van der Waals surface area (Å²) in [5, 5.41) is 0.980. The van der Waals surface area contributed by atoms with Gasteiger partial charge in [0.2, 0.25) is 0 Å². The second-order valence-electron chi connectivity index (χ2n) is 7.08. The number of aromatic nitrogens is 2. The molecule has 116 valence electrons. The largest absolute Gasteiger partial charge is 0.337 e. The first-order chi connectivity index (χ1) is 10.7. The number of benzene rings is 1. The Balaban J connectivity index is 1.77. The molecule has 4 rings (SSSR count). The van der Waals surface area contributed by atoms with Gasteiger partial charge in [0.1, 0.15) is 0 Å². The molecule has 2 nitrogen and oxygen atoms in total. The minimum Gasteiger partial charge on any atom is -0.337 e. The molecular formula is C19H23ClN2.